The number of hydrogen-bond donors (Lipinski definition) is 2. The van der Waals surface area contributed by atoms with Crippen molar-refractivity contribution in [2.24, 2.45) is 0 Å². The number of carbonyl (C=O) groups excluding carboxylic acids is 3. The maximum atomic E-state index is 13.2. The molecule has 0 spiro atoms. The largest absolute Gasteiger partial charge is 0.438 e. The van der Waals surface area contributed by atoms with E-state index in [0.29, 0.717) is 11.3 Å². The summed E-state index contributed by atoms with van der Waals surface area (Å²) in [6, 6.07) is 15.5. The topological polar surface area (TPSA) is 97.0 Å². The van der Waals surface area contributed by atoms with Gasteiger partial charge in [-0.2, -0.15) is 0 Å². The van der Waals surface area contributed by atoms with Gasteiger partial charge in [0.15, 0.2) is 12.1 Å². The van der Waals surface area contributed by atoms with Crippen molar-refractivity contribution < 1.29 is 23.9 Å². The SMILES string of the molecule is CC[C@H](C)NC(=O)[C@H]1[C@@H](c2ccc(NC(=O)COC)cc2)OC(=O)N1Cc1ccccc1. The normalized spacial score (nSPS) is 18.7. The van der Waals surface area contributed by atoms with E-state index in [9.17, 15) is 14.4 Å². The molecule has 2 aromatic carbocycles. The van der Waals surface area contributed by atoms with Crippen LogP contribution in [0.3, 0.4) is 0 Å². The highest BCUT2D eigenvalue weighted by atomic mass is 16.6. The van der Waals surface area contributed by atoms with Crippen molar-refractivity contribution in [3.8, 4) is 0 Å². The Morgan fingerprint density at radius 2 is 1.81 bits per heavy atom. The van der Waals surface area contributed by atoms with Crippen LogP contribution in [0.25, 0.3) is 0 Å². The molecule has 0 bridgehead atoms. The minimum Gasteiger partial charge on any atom is -0.438 e. The zero-order valence-electron chi connectivity index (χ0n) is 18.5. The van der Waals surface area contributed by atoms with E-state index in [0.717, 1.165) is 12.0 Å². The molecule has 0 radical (unpaired) electrons. The van der Waals surface area contributed by atoms with Crippen LogP contribution in [0.5, 0.6) is 0 Å². The Balaban J connectivity index is 1.85. The Labute approximate surface area is 187 Å². The standard InChI is InChI=1S/C24H29N3O5/c1-4-16(2)25-23(29)21-22(18-10-12-19(13-11-18)26-20(28)15-31-3)32-24(30)27(21)14-17-8-6-5-7-9-17/h5-13,16,21-22H,4,14-15H2,1-3H3,(H,25,29)(H,26,28)/t16-,21+,22+/m0/s1. The van der Waals surface area contributed by atoms with Gasteiger partial charge in [0.2, 0.25) is 11.8 Å². The summed E-state index contributed by atoms with van der Waals surface area (Å²) in [4.78, 5) is 39.1. The predicted octanol–water partition coefficient (Wildman–Crippen LogP) is 3.25. The van der Waals surface area contributed by atoms with E-state index < -0.39 is 18.2 Å². The number of hydrogen-bond acceptors (Lipinski definition) is 5. The van der Waals surface area contributed by atoms with Crippen LogP contribution >= 0.6 is 0 Å². The number of anilines is 1. The van der Waals surface area contributed by atoms with Crippen molar-refractivity contribution in [1.82, 2.24) is 10.2 Å². The molecule has 1 heterocycles. The van der Waals surface area contributed by atoms with Crippen molar-refractivity contribution in [1.29, 1.82) is 0 Å². The van der Waals surface area contributed by atoms with Gasteiger partial charge < -0.3 is 20.1 Å². The highest BCUT2D eigenvalue weighted by Crippen LogP contribution is 2.34. The molecule has 0 aliphatic carbocycles. The third-order valence-electron chi connectivity index (χ3n) is 5.35. The number of carbonyl (C=O) groups is 3. The molecule has 0 aromatic heterocycles. The molecule has 3 rings (SSSR count). The third kappa shape index (κ3) is 5.64. The molecule has 8 nitrogen and oxygen atoms in total. The van der Waals surface area contributed by atoms with Gasteiger partial charge >= 0.3 is 6.09 Å². The lowest BCUT2D eigenvalue weighted by Crippen LogP contribution is -2.48. The van der Waals surface area contributed by atoms with Gasteiger partial charge in [0.1, 0.15) is 6.61 Å². The van der Waals surface area contributed by atoms with Gasteiger partial charge in [0.05, 0.1) is 6.54 Å². The Bertz CT molecular complexity index is 932. The summed E-state index contributed by atoms with van der Waals surface area (Å²) in [5.41, 5.74) is 2.16. The molecule has 1 aliphatic heterocycles. The second-order valence-electron chi connectivity index (χ2n) is 7.78. The predicted molar refractivity (Wildman–Crippen MR) is 120 cm³/mol. The summed E-state index contributed by atoms with van der Waals surface area (Å²) in [7, 11) is 1.45. The molecule has 2 aromatic rings. The average molecular weight is 440 g/mol. The fraction of sp³-hybridized carbons (Fsp3) is 0.375. The van der Waals surface area contributed by atoms with Crippen LogP contribution in [0, 0.1) is 0 Å². The van der Waals surface area contributed by atoms with Gasteiger partial charge in [0.25, 0.3) is 0 Å². The number of amides is 3. The molecule has 2 N–H and O–H groups in total. The average Bonchev–Trinajstić information content (AvgIpc) is 3.11. The Morgan fingerprint density at radius 3 is 2.44 bits per heavy atom. The zero-order valence-corrected chi connectivity index (χ0v) is 18.5. The molecule has 3 amide bonds. The van der Waals surface area contributed by atoms with Gasteiger partial charge in [0, 0.05) is 18.8 Å². The molecule has 170 valence electrons. The molecular weight excluding hydrogens is 410 g/mol. The monoisotopic (exact) mass is 439 g/mol. The van der Waals surface area contributed by atoms with Gasteiger partial charge in [-0.3, -0.25) is 14.5 Å². The van der Waals surface area contributed by atoms with Crippen molar-refractivity contribution in [2.45, 2.75) is 45.0 Å². The molecule has 3 atom stereocenters. The summed E-state index contributed by atoms with van der Waals surface area (Å²) < 4.78 is 10.5. The number of nitrogens with one attached hydrogen (secondary N) is 2. The molecule has 1 saturated heterocycles. The van der Waals surface area contributed by atoms with Crippen LogP contribution in [-0.2, 0) is 25.6 Å². The fourth-order valence-corrected chi connectivity index (χ4v) is 3.50. The van der Waals surface area contributed by atoms with Crippen LogP contribution in [-0.4, -0.2) is 48.6 Å². The van der Waals surface area contributed by atoms with E-state index in [4.69, 9.17) is 9.47 Å². The summed E-state index contributed by atoms with van der Waals surface area (Å²) in [5.74, 6) is -0.531. The van der Waals surface area contributed by atoms with Crippen LogP contribution in [0.1, 0.15) is 37.5 Å². The Morgan fingerprint density at radius 1 is 1.12 bits per heavy atom. The number of cyclic esters (lactones) is 1. The minimum absolute atomic E-state index is 0.0317. The summed E-state index contributed by atoms with van der Waals surface area (Å²) in [6.45, 7) is 4.12. The second-order valence-corrected chi connectivity index (χ2v) is 7.78. The van der Waals surface area contributed by atoms with Crippen LogP contribution in [0.2, 0.25) is 0 Å². The lowest BCUT2D eigenvalue weighted by Gasteiger charge is -2.25. The summed E-state index contributed by atoms with van der Waals surface area (Å²) >= 11 is 0. The van der Waals surface area contributed by atoms with E-state index in [-0.39, 0.29) is 31.0 Å². The van der Waals surface area contributed by atoms with Gasteiger partial charge in [-0.25, -0.2) is 4.79 Å². The molecular formula is C24H29N3O5. The molecule has 8 heteroatoms. The zero-order chi connectivity index (χ0) is 23.1. The number of rotatable bonds is 9. The number of ether oxygens (including phenoxy) is 2. The van der Waals surface area contributed by atoms with E-state index in [1.807, 2.05) is 44.2 Å². The van der Waals surface area contributed by atoms with Crippen molar-refractivity contribution >= 4 is 23.6 Å². The van der Waals surface area contributed by atoms with E-state index in [2.05, 4.69) is 10.6 Å². The fourth-order valence-electron chi connectivity index (χ4n) is 3.50. The summed E-state index contributed by atoms with van der Waals surface area (Å²) in [5, 5.41) is 5.69. The first-order chi connectivity index (χ1) is 15.4. The number of nitrogens with zero attached hydrogens (tertiary/aromatic N) is 1. The first-order valence-corrected chi connectivity index (χ1v) is 10.6. The number of methoxy groups -OCH3 is 1. The third-order valence-corrected chi connectivity index (χ3v) is 5.35. The van der Waals surface area contributed by atoms with Crippen LogP contribution in [0.4, 0.5) is 10.5 Å². The molecule has 32 heavy (non-hydrogen) atoms. The lowest BCUT2D eigenvalue weighted by molar-refractivity contribution is -0.127. The molecule has 0 saturated carbocycles. The molecule has 0 unspecified atom stereocenters. The second kappa shape index (κ2) is 10.8. The van der Waals surface area contributed by atoms with Crippen LogP contribution in [0.15, 0.2) is 54.6 Å². The van der Waals surface area contributed by atoms with Crippen molar-refractivity contribution in [2.75, 3.05) is 19.0 Å². The Hall–Kier alpha value is -3.39. The van der Waals surface area contributed by atoms with Gasteiger partial charge in [-0.15, -0.1) is 0 Å². The van der Waals surface area contributed by atoms with Gasteiger partial charge in [-0.05, 0) is 36.6 Å². The van der Waals surface area contributed by atoms with Gasteiger partial charge in [-0.1, -0.05) is 49.4 Å². The lowest BCUT2D eigenvalue weighted by atomic mass is 10.00. The van der Waals surface area contributed by atoms with E-state index >= 15 is 0 Å². The number of benzene rings is 2. The quantitative estimate of drug-likeness (QED) is 0.625. The highest BCUT2D eigenvalue weighted by molar-refractivity contribution is 5.92. The molecule has 1 fully saturated rings. The first kappa shape index (κ1) is 23.3. The van der Waals surface area contributed by atoms with E-state index in [1.54, 1.807) is 24.3 Å². The smallest absolute Gasteiger partial charge is 0.411 e. The van der Waals surface area contributed by atoms with E-state index in [1.165, 1.54) is 12.0 Å². The van der Waals surface area contributed by atoms with Crippen molar-refractivity contribution in [3.05, 3.63) is 65.7 Å². The maximum absolute atomic E-state index is 13.2. The van der Waals surface area contributed by atoms with Crippen LogP contribution < -0.4 is 10.6 Å². The Kier molecular flexibility index (Phi) is 7.83. The highest BCUT2D eigenvalue weighted by Gasteiger charge is 2.47. The maximum Gasteiger partial charge on any atom is 0.411 e. The first-order valence-electron chi connectivity index (χ1n) is 10.6. The minimum atomic E-state index is -0.814. The van der Waals surface area contributed by atoms with Crippen molar-refractivity contribution in [3.63, 3.8) is 0 Å². The molecule has 1 aliphatic rings. The summed E-state index contributed by atoms with van der Waals surface area (Å²) in [6.07, 6.45) is -0.536.